The summed E-state index contributed by atoms with van der Waals surface area (Å²) in [5.41, 5.74) is 6.69. The number of benzene rings is 2. The third-order valence-corrected chi connectivity index (χ3v) is 5.38. The van der Waals surface area contributed by atoms with E-state index in [0.717, 1.165) is 11.3 Å². The number of nitrogens with zero attached hydrogens (tertiary/aromatic N) is 2. The van der Waals surface area contributed by atoms with E-state index in [2.05, 4.69) is 0 Å². The van der Waals surface area contributed by atoms with Crippen LogP contribution in [-0.2, 0) is 16.0 Å². The molecule has 2 aromatic carbocycles. The zero-order valence-electron chi connectivity index (χ0n) is 14.6. The minimum Gasteiger partial charge on any atom is -0.497 e. The van der Waals surface area contributed by atoms with Crippen molar-refractivity contribution in [1.82, 2.24) is 0 Å². The summed E-state index contributed by atoms with van der Waals surface area (Å²) in [5, 5.41) is 9.18. The van der Waals surface area contributed by atoms with Gasteiger partial charge in [-0.1, -0.05) is 42.1 Å². The monoisotopic (exact) mass is 379 g/mol. The Labute approximate surface area is 161 Å². The fraction of sp³-hybridized carbons (Fsp3) is 0.150. The molecule has 2 aromatic rings. The minimum absolute atomic E-state index is 0.189. The van der Waals surface area contributed by atoms with E-state index in [4.69, 9.17) is 10.5 Å². The van der Waals surface area contributed by atoms with Crippen LogP contribution in [0.5, 0.6) is 5.75 Å². The molecule has 1 aliphatic heterocycles. The van der Waals surface area contributed by atoms with Crippen LogP contribution in [0, 0.1) is 11.3 Å². The molecule has 0 aliphatic carbocycles. The van der Waals surface area contributed by atoms with Crippen molar-refractivity contribution in [2.24, 2.45) is 5.73 Å². The summed E-state index contributed by atoms with van der Waals surface area (Å²) in [6, 6.07) is 18.2. The molecule has 0 aromatic heterocycles. The second-order valence-electron chi connectivity index (χ2n) is 5.82. The van der Waals surface area contributed by atoms with Crippen molar-refractivity contribution in [2.75, 3.05) is 12.0 Å². The van der Waals surface area contributed by atoms with Crippen LogP contribution in [0.2, 0.25) is 0 Å². The molecule has 6 nitrogen and oxygen atoms in total. The normalized spacial score (nSPS) is 18.1. The van der Waals surface area contributed by atoms with Crippen LogP contribution in [0.3, 0.4) is 0 Å². The summed E-state index contributed by atoms with van der Waals surface area (Å²) in [6.07, 6.45) is 0.456. The molecule has 2 N–H and O–H groups in total. The van der Waals surface area contributed by atoms with Crippen LogP contribution in [-0.4, -0.2) is 24.2 Å². The van der Waals surface area contributed by atoms with Gasteiger partial charge in [-0.25, -0.2) is 0 Å². The number of para-hydroxylation sites is 1. The van der Waals surface area contributed by atoms with Gasteiger partial charge in [0.1, 0.15) is 22.4 Å². The predicted octanol–water partition coefficient (Wildman–Crippen LogP) is 2.61. The maximum atomic E-state index is 13.1. The SMILES string of the molecule is COc1ccc(C[C@@H]2S/C(=C(/C#N)C(N)=O)N(c3ccccc3)C2=O)cc1. The molecular formula is C20H17N3O3S. The van der Waals surface area contributed by atoms with Crippen molar-refractivity contribution in [3.05, 3.63) is 70.8 Å². The van der Waals surface area contributed by atoms with E-state index >= 15 is 0 Å². The first-order chi connectivity index (χ1) is 13.0. The third-order valence-electron chi connectivity index (χ3n) is 4.12. The molecule has 7 heteroatoms. The quantitative estimate of drug-likeness (QED) is 0.636. The molecule has 1 heterocycles. The summed E-state index contributed by atoms with van der Waals surface area (Å²) in [6.45, 7) is 0. The van der Waals surface area contributed by atoms with E-state index in [9.17, 15) is 14.9 Å². The Bertz CT molecular complexity index is 933. The molecule has 27 heavy (non-hydrogen) atoms. The van der Waals surface area contributed by atoms with Crippen molar-refractivity contribution < 1.29 is 14.3 Å². The van der Waals surface area contributed by atoms with E-state index in [1.165, 1.54) is 16.7 Å². The molecule has 1 aliphatic rings. The van der Waals surface area contributed by atoms with Gasteiger partial charge < -0.3 is 10.5 Å². The predicted molar refractivity (Wildman–Crippen MR) is 104 cm³/mol. The van der Waals surface area contributed by atoms with Gasteiger partial charge in [0.2, 0.25) is 5.91 Å². The van der Waals surface area contributed by atoms with E-state index < -0.39 is 11.2 Å². The number of hydrogen-bond donors (Lipinski definition) is 1. The van der Waals surface area contributed by atoms with Gasteiger partial charge in [0, 0.05) is 5.69 Å². The zero-order valence-corrected chi connectivity index (χ0v) is 15.4. The third kappa shape index (κ3) is 3.81. The second kappa shape index (κ2) is 7.98. The van der Waals surface area contributed by atoms with Crippen LogP contribution in [0.1, 0.15) is 5.56 Å². The van der Waals surface area contributed by atoms with Crippen LogP contribution in [0.4, 0.5) is 5.69 Å². The number of methoxy groups -OCH3 is 1. The molecule has 1 atom stereocenters. The summed E-state index contributed by atoms with van der Waals surface area (Å²) in [4.78, 5) is 26.2. The maximum Gasteiger partial charge on any atom is 0.262 e. The van der Waals surface area contributed by atoms with Gasteiger partial charge in [-0.2, -0.15) is 5.26 Å². The largest absolute Gasteiger partial charge is 0.497 e. The van der Waals surface area contributed by atoms with Gasteiger partial charge in [-0.05, 0) is 36.2 Å². The summed E-state index contributed by atoms with van der Waals surface area (Å²) in [7, 11) is 1.59. The van der Waals surface area contributed by atoms with E-state index in [1.807, 2.05) is 36.4 Å². The highest BCUT2D eigenvalue weighted by Gasteiger charge is 2.40. The van der Waals surface area contributed by atoms with Gasteiger partial charge in [-0.3, -0.25) is 14.5 Å². The molecule has 0 radical (unpaired) electrons. The number of carbonyl (C=O) groups excluding carboxylic acids is 2. The number of carbonyl (C=O) groups is 2. The molecule has 1 fully saturated rings. The van der Waals surface area contributed by atoms with Crippen LogP contribution < -0.4 is 15.4 Å². The highest BCUT2D eigenvalue weighted by atomic mass is 32.2. The van der Waals surface area contributed by atoms with Gasteiger partial charge in [0.05, 0.1) is 12.4 Å². The standard InChI is InChI=1S/C20H17N3O3S/c1-26-15-9-7-13(8-10-15)11-17-19(25)23(14-5-3-2-4-6-14)20(27-17)16(12-21)18(22)24/h2-10,17H,11H2,1H3,(H2,22,24)/b20-16-/t17-/m0/s1. The number of nitrogens with two attached hydrogens (primary N) is 1. The topological polar surface area (TPSA) is 96.4 Å². The number of thioether (sulfide) groups is 1. The van der Waals surface area contributed by atoms with Gasteiger partial charge >= 0.3 is 0 Å². The van der Waals surface area contributed by atoms with Crippen molar-refractivity contribution in [3.8, 4) is 11.8 Å². The van der Waals surface area contributed by atoms with Crippen molar-refractivity contribution in [3.63, 3.8) is 0 Å². The van der Waals surface area contributed by atoms with Crippen LogP contribution in [0.25, 0.3) is 0 Å². The first-order valence-electron chi connectivity index (χ1n) is 8.18. The molecule has 0 saturated carbocycles. The smallest absolute Gasteiger partial charge is 0.262 e. The lowest BCUT2D eigenvalue weighted by Gasteiger charge is -2.18. The lowest BCUT2D eigenvalue weighted by Crippen LogP contribution is -2.30. The first-order valence-corrected chi connectivity index (χ1v) is 9.06. The van der Waals surface area contributed by atoms with E-state index in [-0.39, 0.29) is 16.5 Å². The highest BCUT2D eigenvalue weighted by Crippen LogP contribution is 2.41. The molecule has 0 bridgehead atoms. The van der Waals surface area contributed by atoms with Gasteiger partial charge in [-0.15, -0.1) is 0 Å². The molecule has 1 saturated heterocycles. The van der Waals surface area contributed by atoms with Crippen LogP contribution in [0.15, 0.2) is 65.2 Å². The van der Waals surface area contributed by atoms with Crippen molar-refractivity contribution in [2.45, 2.75) is 11.7 Å². The Morgan fingerprint density at radius 1 is 1.22 bits per heavy atom. The van der Waals surface area contributed by atoms with E-state index in [1.54, 1.807) is 31.4 Å². The maximum absolute atomic E-state index is 13.1. The second-order valence-corrected chi connectivity index (χ2v) is 7.02. The van der Waals surface area contributed by atoms with Gasteiger partial charge in [0.15, 0.2) is 0 Å². The zero-order chi connectivity index (χ0) is 19.4. The molecule has 0 spiro atoms. The Morgan fingerprint density at radius 2 is 1.89 bits per heavy atom. The minimum atomic E-state index is -0.848. The molecule has 0 unspecified atom stereocenters. The van der Waals surface area contributed by atoms with Crippen molar-refractivity contribution in [1.29, 1.82) is 5.26 Å². The number of nitriles is 1. The molecule has 136 valence electrons. The Morgan fingerprint density at radius 3 is 2.44 bits per heavy atom. The highest BCUT2D eigenvalue weighted by molar-refractivity contribution is 8.05. The average Bonchev–Trinajstić information content (AvgIpc) is 2.99. The Kier molecular flexibility index (Phi) is 5.48. The Balaban J connectivity index is 1.97. The number of primary amides is 1. The lowest BCUT2D eigenvalue weighted by molar-refractivity contribution is -0.117. The number of rotatable bonds is 5. The van der Waals surface area contributed by atoms with Gasteiger partial charge in [0.25, 0.3) is 5.91 Å². The average molecular weight is 379 g/mol. The van der Waals surface area contributed by atoms with Crippen LogP contribution >= 0.6 is 11.8 Å². The number of hydrogen-bond acceptors (Lipinski definition) is 5. The summed E-state index contributed by atoms with van der Waals surface area (Å²) < 4.78 is 5.15. The first kappa shape index (κ1) is 18.5. The number of ether oxygens (including phenoxy) is 1. The fourth-order valence-electron chi connectivity index (χ4n) is 2.79. The molecular weight excluding hydrogens is 362 g/mol. The summed E-state index contributed by atoms with van der Waals surface area (Å²) in [5.74, 6) is -0.305. The number of amides is 2. The Hall–Kier alpha value is -3.24. The number of anilines is 1. The molecule has 3 rings (SSSR count). The van der Waals surface area contributed by atoms with Crippen molar-refractivity contribution >= 4 is 29.3 Å². The summed E-state index contributed by atoms with van der Waals surface area (Å²) >= 11 is 1.19. The fourth-order valence-corrected chi connectivity index (χ4v) is 4.10. The molecule has 2 amide bonds. The lowest BCUT2D eigenvalue weighted by atomic mass is 10.1. The van der Waals surface area contributed by atoms with E-state index in [0.29, 0.717) is 12.1 Å².